The van der Waals surface area contributed by atoms with E-state index in [1.54, 1.807) is 12.3 Å². The number of aromatic amines is 2. The fourth-order valence-corrected chi connectivity index (χ4v) is 5.64. The molecule has 7 N–H and O–H groups in total. The molecule has 47 heavy (non-hydrogen) atoms. The number of carbonyl (C=O) groups is 3. The lowest BCUT2D eigenvalue weighted by molar-refractivity contribution is -0.139. The summed E-state index contributed by atoms with van der Waals surface area (Å²) in [5, 5.41) is 17.4. The minimum atomic E-state index is -1.18. The van der Waals surface area contributed by atoms with E-state index in [9.17, 15) is 19.5 Å². The van der Waals surface area contributed by atoms with E-state index in [4.69, 9.17) is 10.5 Å². The van der Waals surface area contributed by atoms with Gasteiger partial charge in [0.05, 0.1) is 18.3 Å². The zero-order valence-corrected chi connectivity index (χ0v) is 25.5. The molecule has 0 unspecified atom stereocenters. The Hall–Kier alpha value is -5.87. The second-order valence-corrected chi connectivity index (χ2v) is 11.4. The summed E-state index contributed by atoms with van der Waals surface area (Å²) < 4.78 is 6.17. The van der Waals surface area contributed by atoms with Gasteiger partial charge in [0.2, 0.25) is 5.91 Å². The van der Waals surface area contributed by atoms with E-state index in [1.165, 1.54) is 12.1 Å². The highest BCUT2D eigenvalue weighted by Gasteiger charge is 2.24. The number of carbonyl (C=O) groups excluding carboxylic acids is 2. The minimum absolute atomic E-state index is 0.0898. The summed E-state index contributed by atoms with van der Waals surface area (Å²) in [5.41, 5.74) is 11.4. The first kappa shape index (κ1) is 31.1. The summed E-state index contributed by atoms with van der Waals surface area (Å²) in [5.74, 6) is -1.88. The molecule has 4 aromatic carbocycles. The second-order valence-electron chi connectivity index (χ2n) is 11.4. The number of hydrogen-bond donors (Lipinski definition) is 6. The topological polar surface area (TPSA) is 162 Å². The van der Waals surface area contributed by atoms with Crippen molar-refractivity contribution in [1.82, 2.24) is 15.3 Å². The van der Waals surface area contributed by atoms with Crippen molar-refractivity contribution in [3.05, 3.63) is 132 Å². The van der Waals surface area contributed by atoms with Crippen LogP contribution < -0.4 is 21.1 Å². The maximum atomic E-state index is 13.4. The van der Waals surface area contributed by atoms with Crippen molar-refractivity contribution in [2.45, 2.75) is 31.3 Å². The Morgan fingerprint density at radius 2 is 1.43 bits per heavy atom. The lowest BCUT2D eigenvalue weighted by atomic mass is 10.0. The maximum absolute atomic E-state index is 13.4. The average molecular weight is 630 g/mol. The largest absolute Gasteiger partial charge is 0.491 e. The molecular formula is C37H35N5O5. The first-order chi connectivity index (χ1) is 22.9. The van der Waals surface area contributed by atoms with Gasteiger partial charge in [0.1, 0.15) is 11.8 Å². The Morgan fingerprint density at radius 3 is 2.13 bits per heavy atom. The molecule has 238 valence electrons. The standard InChI is InChI=1S/C37H35N5O5/c38-29(18-23-8-2-1-3-9-23)36(44)41-32-15-14-24(20-34(32)47-17-16-25-21-39-30-12-6-4-10-27(25)30)35(43)42-33(37(45)46)19-26-22-40-31-13-7-5-11-28(26)31/h1-15,20-22,29,33,39-40H,16-19,38H2,(H,41,44)(H,42,43)(H,45,46)/t29-,33-/m0/s1. The highest BCUT2D eigenvalue weighted by Crippen LogP contribution is 2.28. The van der Waals surface area contributed by atoms with Gasteiger partial charge in [-0.05, 0) is 53.4 Å². The van der Waals surface area contributed by atoms with Crippen LogP contribution in [0.5, 0.6) is 5.75 Å². The molecule has 10 nitrogen and oxygen atoms in total. The molecule has 0 aliphatic heterocycles. The van der Waals surface area contributed by atoms with Gasteiger partial charge in [-0.3, -0.25) is 9.59 Å². The van der Waals surface area contributed by atoms with Crippen LogP contribution in [0, 0.1) is 0 Å². The van der Waals surface area contributed by atoms with Gasteiger partial charge in [0, 0.05) is 52.6 Å². The SMILES string of the molecule is N[C@@H](Cc1ccccc1)C(=O)Nc1ccc(C(=O)N[C@@H](Cc2c[nH]c3ccccc23)C(=O)O)cc1OCCc1c[nH]c2ccccc12. The Kier molecular flexibility index (Phi) is 9.31. The molecule has 2 heterocycles. The van der Waals surface area contributed by atoms with Crippen LogP contribution in [0.2, 0.25) is 0 Å². The number of H-pyrrole nitrogens is 2. The molecule has 0 radical (unpaired) electrons. The number of benzene rings is 4. The summed E-state index contributed by atoms with van der Waals surface area (Å²) in [7, 11) is 0. The third kappa shape index (κ3) is 7.34. The van der Waals surface area contributed by atoms with E-state index in [0.29, 0.717) is 18.5 Å². The van der Waals surface area contributed by atoms with Crippen molar-refractivity contribution in [3.8, 4) is 5.75 Å². The van der Waals surface area contributed by atoms with Crippen LogP contribution in [0.25, 0.3) is 21.8 Å². The number of nitrogens with one attached hydrogen (secondary N) is 4. The highest BCUT2D eigenvalue weighted by molar-refractivity contribution is 6.00. The van der Waals surface area contributed by atoms with Crippen molar-refractivity contribution in [1.29, 1.82) is 0 Å². The quantitative estimate of drug-likeness (QED) is 0.103. The molecular weight excluding hydrogens is 594 g/mol. The van der Waals surface area contributed by atoms with E-state index in [1.807, 2.05) is 85.1 Å². The van der Waals surface area contributed by atoms with Crippen molar-refractivity contribution in [3.63, 3.8) is 0 Å². The number of aliphatic carboxylic acids is 1. The normalized spacial score (nSPS) is 12.4. The second kappa shape index (κ2) is 14.1. The summed E-state index contributed by atoms with van der Waals surface area (Å²) >= 11 is 0. The summed E-state index contributed by atoms with van der Waals surface area (Å²) in [6, 6.07) is 27.6. The third-order valence-corrected chi connectivity index (χ3v) is 8.14. The van der Waals surface area contributed by atoms with Crippen LogP contribution in [-0.2, 0) is 28.9 Å². The lowest BCUT2D eigenvalue weighted by Gasteiger charge is -2.18. The van der Waals surface area contributed by atoms with E-state index < -0.39 is 29.9 Å². The van der Waals surface area contributed by atoms with Crippen molar-refractivity contribution < 1.29 is 24.2 Å². The van der Waals surface area contributed by atoms with Gasteiger partial charge < -0.3 is 36.2 Å². The summed E-state index contributed by atoms with van der Waals surface area (Å²) in [6.45, 7) is 0.254. The first-order valence-corrected chi connectivity index (χ1v) is 15.4. The van der Waals surface area contributed by atoms with Gasteiger partial charge in [-0.1, -0.05) is 66.7 Å². The van der Waals surface area contributed by atoms with E-state index >= 15 is 0 Å². The van der Waals surface area contributed by atoms with E-state index in [-0.39, 0.29) is 24.3 Å². The lowest BCUT2D eigenvalue weighted by Crippen LogP contribution is -2.42. The minimum Gasteiger partial charge on any atom is -0.491 e. The molecule has 2 atom stereocenters. The molecule has 2 aromatic heterocycles. The summed E-state index contributed by atoms with van der Waals surface area (Å²) in [4.78, 5) is 45.1. The fourth-order valence-electron chi connectivity index (χ4n) is 5.64. The molecule has 0 fully saturated rings. The molecule has 0 bridgehead atoms. The Morgan fingerprint density at radius 1 is 0.787 bits per heavy atom. The van der Waals surface area contributed by atoms with Crippen molar-refractivity contribution in [2.24, 2.45) is 5.73 Å². The Balaban J connectivity index is 1.20. The number of carboxylic acid groups (broad SMARTS) is 1. The number of fused-ring (bicyclic) bond motifs is 2. The first-order valence-electron chi connectivity index (χ1n) is 15.4. The molecule has 6 rings (SSSR count). The van der Waals surface area contributed by atoms with Crippen LogP contribution in [0.15, 0.2) is 109 Å². The molecule has 10 heteroatoms. The number of ether oxygens (including phenoxy) is 1. The van der Waals surface area contributed by atoms with Gasteiger partial charge in [-0.2, -0.15) is 0 Å². The fraction of sp³-hybridized carbons (Fsp3) is 0.162. The Bertz CT molecular complexity index is 2030. The van der Waals surface area contributed by atoms with Crippen LogP contribution in [0.3, 0.4) is 0 Å². The molecule has 0 aliphatic carbocycles. The van der Waals surface area contributed by atoms with Crippen LogP contribution >= 0.6 is 0 Å². The number of aromatic nitrogens is 2. The van der Waals surface area contributed by atoms with Gasteiger partial charge in [0.25, 0.3) is 5.91 Å². The van der Waals surface area contributed by atoms with Gasteiger partial charge in [0.15, 0.2) is 0 Å². The zero-order valence-electron chi connectivity index (χ0n) is 25.5. The van der Waals surface area contributed by atoms with Gasteiger partial charge in [-0.25, -0.2) is 4.79 Å². The number of hydrogen-bond acceptors (Lipinski definition) is 5. The van der Waals surface area contributed by atoms with Crippen molar-refractivity contribution in [2.75, 3.05) is 11.9 Å². The van der Waals surface area contributed by atoms with Gasteiger partial charge >= 0.3 is 5.97 Å². The highest BCUT2D eigenvalue weighted by atomic mass is 16.5. The number of para-hydroxylation sites is 2. The predicted octanol–water partition coefficient (Wildman–Crippen LogP) is 5.20. The molecule has 0 spiro atoms. The van der Waals surface area contributed by atoms with Crippen molar-refractivity contribution >= 4 is 45.3 Å². The summed E-state index contributed by atoms with van der Waals surface area (Å²) in [6.07, 6.45) is 4.69. The number of rotatable bonds is 13. The van der Waals surface area contributed by atoms with E-state index in [0.717, 1.165) is 38.5 Å². The zero-order chi connectivity index (χ0) is 32.8. The Labute approximate surface area is 271 Å². The number of amides is 2. The molecule has 0 saturated carbocycles. The average Bonchev–Trinajstić information content (AvgIpc) is 3.69. The maximum Gasteiger partial charge on any atom is 0.326 e. The van der Waals surface area contributed by atoms with Crippen LogP contribution in [-0.4, -0.2) is 51.5 Å². The number of carboxylic acids is 1. The predicted molar refractivity (Wildman–Crippen MR) is 182 cm³/mol. The molecule has 2 amide bonds. The van der Waals surface area contributed by atoms with Gasteiger partial charge in [-0.15, -0.1) is 0 Å². The molecule has 0 saturated heterocycles. The van der Waals surface area contributed by atoms with Crippen LogP contribution in [0.1, 0.15) is 27.0 Å². The number of anilines is 1. The van der Waals surface area contributed by atoms with E-state index in [2.05, 4.69) is 20.6 Å². The molecule has 0 aliphatic rings. The monoisotopic (exact) mass is 629 g/mol. The number of nitrogens with two attached hydrogens (primary N) is 1. The third-order valence-electron chi connectivity index (χ3n) is 8.14. The smallest absolute Gasteiger partial charge is 0.326 e. The van der Waals surface area contributed by atoms with Crippen LogP contribution in [0.4, 0.5) is 5.69 Å². The molecule has 6 aromatic rings.